The van der Waals surface area contributed by atoms with E-state index in [0.29, 0.717) is 0 Å². The Morgan fingerprint density at radius 2 is 0.818 bits per heavy atom. The molecule has 0 amide bonds. The molecule has 0 radical (unpaired) electrons. The van der Waals surface area contributed by atoms with Crippen LogP contribution in [0.3, 0.4) is 0 Å². The molecular weight excluding hydrogens is 523 g/mol. The van der Waals surface area contributed by atoms with Gasteiger partial charge < -0.3 is 14.9 Å². The summed E-state index contributed by atoms with van der Waals surface area (Å²) in [6.07, 6.45) is 13.2. The van der Waals surface area contributed by atoms with E-state index in [2.05, 4.69) is 60.7 Å². The van der Waals surface area contributed by atoms with Gasteiger partial charge in [0, 0.05) is 0 Å². The van der Waals surface area contributed by atoms with Gasteiger partial charge in [-0.2, -0.15) is 0 Å². The molecule has 0 aromatic heterocycles. The molecule has 2 aliphatic rings. The maximum absolute atomic E-state index is 10.7. The summed E-state index contributed by atoms with van der Waals surface area (Å²) in [5.74, 6) is 0. The first-order valence-corrected chi connectivity index (χ1v) is 13.8. The van der Waals surface area contributed by atoms with Crippen molar-refractivity contribution in [3.8, 4) is 0 Å². The summed E-state index contributed by atoms with van der Waals surface area (Å²) in [4.78, 5) is 0. The first kappa shape index (κ1) is 34.6. The van der Waals surface area contributed by atoms with Gasteiger partial charge in [-0.25, -0.2) is 0 Å². The van der Waals surface area contributed by atoms with Crippen molar-refractivity contribution in [2.75, 3.05) is 0 Å². The molecule has 33 heavy (non-hydrogen) atoms. The van der Waals surface area contributed by atoms with Crippen molar-refractivity contribution in [3.63, 3.8) is 0 Å². The van der Waals surface area contributed by atoms with Crippen LogP contribution in [0, 0.1) is 14.9 Å². The van der Waals surface area contributed by atoms with Gasteiger partial charge in [-0.15, -0.1) is 0 Å². The fraction of sp³-hybridized carbons (Fsp3) is 0.417. The molecule has 2 fully saturated rings. The van der Waals surface area contributed by atoms with Gasteiger partial charge >= 0.3 is 49.8 Å². The first-order chi connectivity index (χ1) is 13.9. The fourth-order valence-electron chi connectivity index (χ4n) is 3.79. The van der Waals surface area contributed by atoms with Gasteiger partial charge in [-0.3, -0.25) is 0 Å². The van der Waals surface area contributed by atoms with Crippen molar-refractivity contribution < 1.29 is 42.0 Å². The molecule has 0 aliphatic heterocycles. The average Bonchev–Trinajstić information content (AvgIpc) is 3.38. The minimum Gasteiger partial charge on any atom is -0.358 e. The van der Waals surface area contributed by atoms with E-state index in [9.17, 15) is 25.2 Å². The van der Waals surface area contributed by atoms with E-state index in [1.54, 1.807) is 10.6 Å². The van der Waals surface area contributed by atoms with E-state index in [-0.39, 0.29) is 39.6 Å². The molecule has 0 bridgehead atoms. The molecule has 0 saturated heterocycles. The van der Waals surface area contributed by atoms with Crippen LogP contribution in [0.25, 0.3) is 0 Å². The molecule has 0 atom stereocenters. The van der Waals surface area contributed by atoms with Crippen LogP contribution in [0.15, 0.2) is 60.7 Å². The Labute approximate surface area is 207 Å². The number of rotatable bonds is 3. The minimum absolute atomic E-state index is 0. The Hall–Kier alpha value is -0.614. The predicted molar refractivity (Wildman–Crippen MR) is 131 cm³/mol. The normalized spacial score (nSPS) is 17.4. The third kappa shape index (κ3) is 17.5. The van der Waals surface area contributed by atoms with Gasteiger partial charge in [0.25, 0.3) is 0 Å². The van der Waals surface area contributed by atoms with Crippen molar-refractivity contribution in [2.24, 2.45) is 0 Å². The van der Waals surface area contributed by atoms with Crippen LogP contribution in [-0.2, 0) is 16.8 Å². The molecule has 0 nitrogen and oxygen atoms in total. The monoisotopic (exact) mass is 558 g/mol. The molecule has 0 heterocycles. The molecule has 4 rings (SSSR count). The van der Waals surface area contributed by atoms with E-state index in [1.165, 1.54) is 57.8 Å². The molecule has 2 saturated carbocycles. The summed E-state index contributed by atoms with van der Waals surface area (Å²) < 4.78 is 59.2. The summed E-state index contributed by atoms with van der Waals surface area (Å²) in [7, 11) is -10.8. The van der Waals surface area contributed by atoms with Gasteiger partial charge in [0.1, 0.15) is 0 Å². The van der Waals surface area contributed by atoms with Crippen molar-refractivity contribution in [1.82, 2.24) is 0 Å². The Morgan fingerprint density at radius 1 is 0.545 bits per heavy atom. The Bertz CT molecular complexity index is 686. The van der Waals surface area contributed by atoms with Gasteiger partial charge in [0.2, 0.25) is 0 Å². The smallest absolute Gasteiger partial charge is 0.358 e. The van der Waals surface area contributed by atoms with Crippen LogP contribution >= 0.6 is 15.7 Å². The van der Waals surface area contributed by atoms with Crippen LogP contribution < -0.4 is 10.6 Å². The summed E-state index contributed by atoms with van der Waals surface area (Å²) in [6.45, 7) is 0. The third-order valence-electron chi connectivity index (χ3n) is 5.01. The van der Waals surface area contributed by atoms with E-state index in [1.807, 2.05) is 0 Å². The van der Waals surface area contributed by atoms with Crippen LogP contribution in [0.1, 0.15) is 57.8 Å². The quantitative estimate of drug-likeness (QED) is 0.200. The summed E-state index contributed by atoms with van der Waals surface area (Å²) >= 11 is 0. The molecule has 0 unspecified atom stereocenters. The second kappa shape index (κ2) is 14.1. The van der Waals surface area contributed by atoms with Crippen molar-refractivity contribution >= 4 is 26.3 Å². The second-order valence-electron chi connectivity index (χ2n) is 7.71. The molecule has 9 heteroatoms. The van der Waals surface area contributed by atoms with Crippen molar-refractivity contribution in [1.29, 1.82) is 0 Å². The van der Waals surface area contributed by atoms with Crippen LogP contribution in [0.5, 0.6) is 0 Å². The summed E-state index contributed by atoms with van der Waals surface area (Å²) in [5.41, 5.74) is 0.893. The van der Waals surface area contributed by atoms with Gasteiger partial charge in [0.15, 0.2) is 0 Å². The molecule has 192 valence electrons. The standard InChI is InChI=1S/C17H19P.C5H10.2CH3.Co.F6P/c1-3-9-15(10-4-1)18(17-13-7-8-14-17)16-11-5-2-6-12-16;1-2-4-5-3-1;;;;1-7(2,3,4,5)6/h1-6,9-12,17H,7-8,13-14H2;1-5H2;2*1H3;;/q;;2*-1;+3;-1. The average molecular weight is 558 g/mol. The van der Waals surface area contributed by atoms with Gasteiger partial charge in [0.05, 0.1) is 0 Å². The topological polar surface area (TPSA) is 0 Å². The summed E-state index contributed by atoms with van der Waals surface area (Å²) in [6, 6.07) is 22.2. The molecule has 2 aromatic rings. The number of hydrogen-bond acceptors (Lipinski definition) is 0. The molecule has 0 spiro atoms. The SMILES string of the molecule is C1CCCC1.F[P-](F)(F)(F)(F)F.[CH3-].[CH3-].[Co+3].c1ccc(P(c2ccccc2)C2CCCC2)cc1. The van der Waals surface area contributed by atoms with E-state index < -0.39 is 7.81 Å². The summed E-state index contributed by atoms with van der Waals surface area (Å²) in [5, 5.41) is 3.09. The molecule has 0 N–H and O–H groups in total. The predicted octanol–water partition coefficient (Wildman–Crippen LogP) is 10.3. The van der Waals surface area contributed by atoms with E-state index in [0.717, 1.165) is 5.66 Å². The van der Waals surface area contributed by atoms with Crippen LogP contribution in [0.2, 0.25) is 0 Å². The third-order valence-corrected chi connectivity index (χ3v) is 7.96. The van der Waals surface area contributed by atoms with E-state index in [4.69, 9.17) is 0 Å². The second-order valence-corrected chi connectivity index (χ2v) is 12.1. The number of hydrogen-bond donors (Lipinski definition) is 0. The maximum atomic E-state index is 9.87. The zero-order valence-corrected chi connectivity index (χ0v) is 22.0. The zero-order valence-electron chi connectivity index (χ0n) is 19.2. The Balaban J connectivity index is 0. The van der Waals surface area contributed by atoms with Crippen molar-refractivity contribution in [3.05, 3.63) is 75.5 Å². The molecule has 2 aliphatic carbocycles. The van der Waals surface area contributed by atoms with E-state index >= 15 is 0 Å². The van der Waals surface area contributed by atoms with Gasteiger partial charge in [-0.1, -0.05) is 106 Å². The maximum Gasteiger partial charge on any atom is 3.00 e. The number of halogens is 6. The first-order valence-electron chi connectivity index (χ1n) is 10.4. The zero-order chi connectivity index (χ0) is 22.2. The fourth-order valence-corrected chi connectivity index (χ4v) is 6.80. The van der Waals surface area contributed by atoms with Crippen LogP contribution in [-0.4, -0.2) is 5.66 Å². The molecular formula is C24H35CoF6P2. The molecule has 2 aromatic carbocycles. The largest absolute Gasteiger partial charge is 3.00 e. The minimum atomic E-state index is -10.7. The van der Waals surface area contributed by atoms with Crippen LogP contribution in [0.4, 0.5) is 25.2 Å². The Morgan fingerprint density at radius 3 is 1.09 bits per heavy atom. The number of benzene rings is 2. The Kier molecular flexibility index (Phi) is 14.7. The van der Waals surface area contributed by atoms with Crippen molar-refractivity contribution in [2.45, 2.75) is 63.4 Å². The van der Waals surface area contributed by atoms with Gasteiger partial charge in [-0.05, 0) is 37.0 Å².